The SMILES string of the molecule is Cc1ccn(CCS(=O)(=O)c2ccccc2)c(=O)c1CC(=O)NCc1cc(Cl)ccc1CNC(=O)OC(C)(C)C. The lowest BCUT2D eigenvalue weighted by molar-refractivity contribution is -0.120. The lowest BCUT2D eigenvalue weighted by Gasteiger charge is -2.20. The van der Waals surface area contributed by atoms with Crippen molar-refractivity contribution < 1.29 is 22.7 Å². The fourth-order valence-corrected chi connectivity index (χ4v) is 5.34. The zero-order valence-electron chi connectivity index (χ0n) is 23.0. The van der Waals surface area contributed by atoms with E-state index < -0.39 is 27.1 Å². The Kier molecular flexibility index (Phi) is 10.2. The first-order chi connectivity index (χ1) is 18.7. The highest BCUT2D eigenvalue weighted by atomic mass is 35.5. The van der Waals surface area contributed by atoms with Crippen molar-refractivity contribution in [1.82, 2.24) is 15.2 Å². The standard InChI is InChI=1S/C29H34ClN3O6S/c1-20-12-13-33(14-15-40(37,38)24-8-6-5-7-9-24)27(35)25(20)17-26(34)31-19-22-16-23(30)11-10-21(22)18-32-28(36)39-29(2,3)4/h5-13,16H,14-15,17-19H2,1-4H3,(H,31,34)(H,32,36). The Morgan fingerprint density at radius 2 is 1.65 bits per heavy atom. The number of aromatic nitrogens is 1. The lowest BCUT2D eigenvalue weighted by Crippen LogP contribution is -2.33. The van der Waals surface area contributed by atoms with E-state index in [0.717, 1.165) is 5.56 Å². The van der Waals surface area contributed by atoms with Crippen molar-refractivity contribution in [2.24, 2.45) is 0 Å². The number of hydrogen-bond donors (Lipinski definition) is 2. The number of nitrogens with zero attached hydrogens (tertiary/aromatic N) is 1. The molecule has 0 unspecified atom stereocenters. The molecule has 2 N–H and O–H groups in total. The fourth-order valence-electron chi connectivity index (χ4n) is 3.90. The Balaban J connectivity index is 1.66. The van der Waals surface area contributed by atoms with Gasteiger partial charge in [-0.05, 0) is 74.7 Å². The molecule has 0 radical (unpaired) electrons. The van der Waals surface area contributed by atoms with Crippen LogP contribution in [-0.2, 0) is 45.4 Å². The molecule has 3 rings (SSSR count). The minimum Gasteiger partial charge on any atom is -0.444 e. The van der Waals surface area contributed by atoms with Gasteiger partial charge >= 0.3 is 6.09 Å². The maximum atomic E-state index is 13.1. The molecule has 214 valence electrons. The predicted octanol–water partition coefficient (Wildman–Crippen LogP) is 4.17. The quantitative estimate of drug-likeness (QED) is 0.367. The van der Waals surface area contributed by atoms with Crippen LogP contribution < -0.4 is 16.2 Å². The number of hydrogen-bond acceptors (Lipinski definition) is 6. The zero-order valence-corrected chi connectivity index (χ0v) is 24.6. The van der Waals surface area contributed by atoms with Gasteiger partial charge in [-0.25, -0.2) is 13.2 Å². The van der Waals surface area contributed by atoms with Crippen molar-refractivity contribution in [1.29, 1.82) is 0 Å². The first kappa shape index (κ1) is 30.9. The number of rotatable bonds is 10. The van der Waals surface area contributed by atoms with Crippen LogP contribution in [0.4, 0.5) is 4.79 Å². The molecule has 0 fully saturated rings. The highest BCUT2D eigenvalue weighted by molar-refractivity contribution is 7.91. The van der Waals surface area contributed by atoms with Crippen LogP contribution in [0.15, 0.2) is 70.5 Å². The van der Waals surface area contributed by atoms with Gasteiger partial charge in [0.2, 0.25) is 5.91 Å². The van der Waals surface area contributed by atoms with Crippen molar-refractivity contribution >= 4 is 33.4 Å². The van der Waals surface area contributed by atoms with Gasteiger partial charge in [0.15, 0.2) is 9.84 Å². The van der Waals surface area contributed by atoms with E-state index in [1.807, 2.05) is 0 Å². The molecular formula is C29H34ClN3O6S. The summed E-state index contributed by atoms with van der Waals surface area (Å²) in [5.74, 6) is -0.638. The van der Waals surface area contributed by atoms with E-state index in [4.69, 9.17) is 16.3 Å². The summed E-state index contributed by atoms with van der Waals surface area (Å²) >= 11 is 6.16. The van der Waals surface area contributed by atoms with Gasteiger partial charge in [-0.15, -0.1) is 0 Å². The average Bonchev–Trinajstić information content (AvgIpc) is 2.88. The summed E-state index contributed by atoms with van der Waals surface area (Å²) in [5.41, 5.74) is 1.31. The normalized spacial score (nSPS) is 11.6. The maximum Gasteiger partial charge on any atom is 0.407 e. The molecule has 2 aromatic carbocycles. The molecule has 0 bridgehead atoms. The Labute approximate surface area is 239 Å². The molecule has 0 atom stereocenters. The second-order valence-electron chi connectivity index (χ2n) is 10.3. The molecule has 9 nitrogen and oxygen atoms in total. The number of ether oxygens (including phenoxy) is 1. The van der Waals surface area contributed by atoms with Crippen LogP contribution in [0.1, 0.15) is 43.0 Å². The summed E-state index contributed by atoms with van der Waals surface area (Å²) in [5, 5.41) is 5.97. The molecular weight excluding hydrogens is 554 g/mol. The Hall–Kier alpha value is -3.63. The summed E-state index contributed by atoms with van der Waals surface area (Å²) in [6.07, 6.45) is 0.795. The number of sulfone groups is 1. The molecule has 11 heteroatoms. The number of aryl methyl sites for hydroxylation is 2. The molecule has 2 amide bonds. The van der Waals surface area contributed by atoms with Gasteiger partial charge in [0, 0.05) is 36.4 Å². The summed E-state index contributed by atoms with van der Waals surface area (Å²) in [6.45, 7) is 7.29. The minimum absolute atomic E-state index is 0.0402. The van der Waals surface area contributed by atoms with Gasteiger partial charge in [-0.3, -0.25) is 9.59 Å². The largest absolute Gasteiger partial charge is 0.444 e. The van der Waals surface area contributed by atoms with Crippen LogP contribution in [0.3, 0.4) is 0 Å². The van der Waals surface area contributed by atoms with Crippen molar-refractivity contribution in [3.05, 3.63) is 98.4 Å². The molecule has 0 spiro atoms. The van der Waals surface area contributed by atoms with Crippen LogP contribution >= 0.6 is 11.6 Å². The van der Waals surface area contributed by atoms with Gasteiger partial charge in [-0.2, -0.15) is 0 Å². The maximum absolute atomic E-state index is 13.1. The summed E-state index contributed by atoms with van der Waals surface area (Å²) < 4.78 is 31.9. The first-order valence-electron chi connectivity index (χ1n) is 12.7. The third-order valence-electron chi connectivity index (χ3n) is 6.01. The van der Waals surface area contributed by atoms with Gasteiger partial charge in [-0.1, -0.05) is 35.9 Å². The Bertz CT molecular complexity index is 1530. The lowest BCUT2D eigenvalue weighted by atomic mass is 10.1. The molecule has 0 aliphatic carbocycles. The van der Waals surface area contributed by atoms with Gasteiger partial charge in [0.1, 0.15) is 5.60 Å². The highest BCUT2D eigenvalue weighted by Crippen LogP contribution is 2.17. The Morgan fingerprint density at radius 1 is 0.975 bits per heavy atom. The number of pyridine rings is 1. The molecule has 40 heavy (non-hydrogen) atoms. The molecule has 0 aliphatic heterocycles. The van der Waals surface area contributed by atoms with Crippen LogP contribution in [0.25, 0.3) is 0 Å². The van der Waals surface area contributed by atoms with Crippen LogP contribution in [-0.4, -0.2) is 36.3 Å². The molecule has 1 heterocycles. The monoisotopic (exact) mass is 587 g/mol. The third kappa shape index (κ3) is 8.96. The van der Waals surface area contributed by atoms with E-state index in [0.29, 0.717) is 16.1 Å². The first-order valence-corrected chi connectivity index (χ1v) is 14.8. The molecule has 0 saturated carbocycles. The third-order valence-corrected chi connectivity index (χ3v) is 7.95. The van der Waals surface area contributed by atoms with Crippen LogP contribution in [0, 0.1) is 6.92 Å². The number of carbonyl (C=O) groups is 2. The van der Waals surface area contributed by atoms with Crippen LogP contribution in [0.5, 0.6) is 0 Å². The fraction of sp³-hybridized carbons (Fsp3) is 0.345. The summed E-state index contributed by atoms with van der Waals surface area (Å²) in [4.78, 5) is 38.2. The molecule has 0 aliphatic rings. The topological polar surface area (TPSA) is 124 Å². The van der Waals surface area contributed by atoms with Crippen molar-refractivity contribution in [2.45, 2.75) is 64.2 Å². The summed E-state index contributed by atoms with van der Waals surface area (Å²) in [7, 11) is -3.57. The second-order valence-corrected chi connectivity index (χ2v) is 12.9. The van der Waals surface area contributed by atoms with E-state index in [9.17, 15) is 22.8 Å². The highest BCUT2D eigenvalue weighted by Gasteiger charge is 2.18. The predicted molar refractivity (Wildman–Crippen MR) is 154 cm³/mol. The van der Waals surface area contributed by atoms with Crippen molar-refractivity contribution in [3.8, 4) is 0 Å². The number of carbonyl (C=O) groups excluding carboxylic acids is 2. The number of alkyl carbamates (subject to hydrolysis) is 1. The van der Waals surface area contributed by atoms with E-state index in [1.165, 1.54) is 22.9 Å². The molecule has 0 saturated heterocycles. The van der Waals surface area contributed by atoms with Crippen LogP contribution in [0.2, 0.25) is 5.02 Å². The molecule has 3 aromatic rings. The van der Waals surface area contributed by atoms with Crippen molar-refractivity contribution in [3.63, 3.8) is 0 Å². The number of amides is 2. The number of nitrogens with one attached hydrogen (secondary N) is 2. The van der Waals surface area contributed by atoms with Gasteiger partial charge < -0.3 is 19.9 Å². The van der Waals surface area contributed by atoms with E-state index in [1.54, 1.807) is 70.2 Å². The van der Waals surface area contributed by atoms with E-state index in [2.05, 4.69) is 10.6 Å². The average molecular weight is 588 g/mol. The Morgan fingerprint density at radius 3 is 2.33 bits per heavy atom. The number of benzene rings is 2. The minimum atomic E-state index is -3.57. The van der Waals surface area contributed by atoms with E-state index >= 15 is 0 Å². The second kappa shape index (κ2) is 13.1. The smallest absolute Gasteiger partial charge is 0.407 e. The van der Waals surface area contributed by atoms with Crippen molar-refractivity contribution in [2.75, 3.05) is 5.75 Å². The number of halogens is 1. The van der Waals surface area contributed by atoms with E-state index in [-0.39, 0.29) is 48.2 Å². The summed E-state index contributed by atoms with van der Waals surface area (Å²) in [6, 6.07) is 14.9. The zero-order chi connectivity index (χ0) is 29.5. The van der Waals surface area contributed by atoms with Gasteiger partial charge in [0.05, 0.1) is 17.1 Å². The molecule has 1 aromatic heterocycles. The van der Waals surface area contributed by atoms with Gasteiger partial charge in [0.25, 0.3) is 5.56 Å².